The number of halogens is 3. The van der Waals surface area contributed by atoms with Gasteiger partial charge in [0.1, 0.15) is 0 Å². The van der Waals surface area contributed by atoms with E-state index in [0.717, 1.165) is 0 Å². The molecule has 0 aliphatic heterocycles. The van der Waals surface area contributed by atoms with E-state index in [9.17, 15) is 0 Å². The van der Waals surface area contributed by atoms with Gasteiger partial charge < -0.3 is 50.9 Å². The van der Waals surface area contributed by atoms with Crippen molar-refractivity contribution in [2.45, 2.75) is 4.22 Å². The van der Waals surface area contributed by atoms with Gasteiger partial charge in [-0.1, -0.05) is 0 Å². The van der Waals surface area contributed by atoms with E-state index in [1.807, 2.05) is 0 Å². The molecule has 3 rings (SSSR count). The maximum absolute atomic E-state index is 2.28. The second-order valence-corrected chi connectivity index (χ2v) is 5.02. The fourth-order valence-corrected chi connectivity index (χ4v) is 2.68. The second-order valence-electron chi connectivity index (χ2n) is 4.05. The summed E-state index contributed by atoms with van der Waals surface area (Å²) in [6, 6.07) is 17.3. The molecule has 0 heterocycles. The maximum atomic E-state index is 2.28. The third kappa shape index (κ3) is 4.15. The number of benzene rings is 2. The van der Waals surface area contributed by atoms with Crippen LogP contribution in [0.15, 0.2) is 54.6 Å². The third-order valence-corrected chi connectivity index (χ3v) is 3.78. The molecule has 0 saturated heterocycles. The Morgan fingerprint density at radius 1 is 0.789 bits per heavy atom. The van der Waals surface area contributed by atoms with Gasteiger partial charge in [0, 0.05) is 0 Å². The summed E-state index contributed by atoms with van der Waals surface area (Å²) in [6.07, 6.45) is 4.49. The summed E-state index contributed by atoms with van der Waals surface area (Å²) in [5, 5.41) is 0. The average Bonchev–Trinajstić information content (AvgIpc) is 2.72. The van der Waals surface area contributed by atoms with Crippen LogP contribution >= 0.6 is 0 Å². The normalized spacial score (nSPS) is 14.7. The molecule has 19 heavy (non-hydrogen) atoms. The van der Waals surface area contributed by atoms with Crippen molar-refractivity contribution in [1.82, 2.24) is 0 Å². The van der Waals surface area contributed by atoms with Crippen LogP contribution in [0.2, 0.25) is 0 Å². The van der Waals surface area contributed by atoms with Crippen molar-refractivity contribution >= 4 is 6.08 Å². The molecule has 4 heteroatoms. The standard InChI is InChI=1S/C15H11.3BrH.Ti/c1-2-5-12(6-3-1)15-10-9-13-7-4-8-14(13)11-15;;;;/h1-11H;3*1H;/q;;;;+3/p-3. The van der Waals surface area contributed by atoms with Crippen LogP contribution in [0.25, 0.3) is 17.2 Å². The van der Waals surface area contributed by atoms with E-state index in [1.165, 1.54) is 22.3 Å². The topological polar surface area (TPSA) is 0 Å². The van der Waals surface area contributed by atoms with Gasteiger partial charge in [-0.2, -0.15) is 0 Å². The van der Waals surface area contributed by atoms with Gasteiger partial charge in [0.15, 0.2) is 0 Å². The van der Waals surface area contributed by atoms with Crippen LogP contribution in [-0.4, -0.2) is 0 Å². The molecule has 1 aliphatic carbocycles. The third-order valence-electron chi connectivity index (χ3n) is 3.00. The van der Waals surface area contributed by atoms with Gasteiger partial charge in [-0.15, -0.1) is 0 Å². The first-order chi connectivity index (χ1) is 7.84. The molecule has 0 spiro atoms. The first kappa shape index (κ1) is 19.3. The monoisotopic (exact) mass is 476 g/mol. The summed E-state index contributed by atoms with van der Waals surface area (Å²) in [6.45, 7) is 0. The zero-order valence-corrected chi connectivity index (χ0v) is 16.3. The van der Waals surface area contributed by atoms with Crippen molar-refractivity contribution in [2.24, 2.45) is 0 Å². The average molecular weight is 479 g/mol. The quantitative estimate of drug-likeness (QED) is 0.360. The molecule has 0 N–H and O–H groups in total. The molecule has 1 atom stereocenters. The van der Waals surface area contributed by atoms with Gasteiger partial charge in [-0.3, -0.25) is 0 Å². The zero-order chi connectivity index (χ0) is 11.0. The van der Waals surface area contributed by atoms with Crippen LogP contribution in [0.5, 0.6) is 0 Å². The van der Waals surface area contributed by atoms with Gasteiger partial charge in [0.05, 0.1) is 0 Å². The summed E-state index contributed by atoms with van der Waals surface area (Å²) < 4.78 is 0.569. The molecule has 0 amide bonds. The van der Waals surface area contributed by atoms with Crippen molar-refractivity contribution in [1.29, 1.82) is 0 Å². The van der Waals surface area contributed by atoms with Crippen molar-refractivity contribution in [3.05, 3.63) is 65.7 Å². The Kier molecular flexibility index (Phi) is 8.73. The van der Waals surface area contributed by atoms with Crippen LogP contribution in [0.3, 0.4) is 0 Å². The number of fused-ring (bicyclic) bond motifs is 1. The van der Waals surface area contributed by atoms with Crippen LogP contribution in [0.4, 0.5) is 0 Å². The molecular weight excluding hydrogens is 468 g/mol. The summed E-state index contributed by atoms with van der Waals surface area (Å²) >= 11 is 2.24. The Balaban J connectivity index is 0.00000108. The van der Waals surface area contributed by atoms with Crippen molar-refractivity contribution in [3.8, 4) is 11.1 Å². The van der Waals surface area contributed by atoms with E-state index >= 15 is 0 Å². The summed E-state index contributed by atoms with van der Waals surface area (Å²) in [7, 11) is 0. The Labute approximate surface area is 157 Å². The van der Waals surface area contributed by atoms with Crippen molar-refractivity contribution in [3.63, 3.8) is 0 Å². The van der Waals surface area contributed by atoms with Crippen molar-refractivity contribution < 1.29 is 71.4 Å². The second kappa shape index (κ2) is 8.58. The predicted octanol–water partition coefficient (Wildman–Crippen LogP) is -5.02. The Hall–Kier alpha value is 0.334. The molecule has 96 valence electrons. The molecule has 0 bridgehead atoms. The predicted molar refractivity (Wildman–Crippen MR) is 63.7 cm³/mol. The van der Waals surface area contributed by atoms with Crippen LogP contribution < -0.4 is 50.9 Å². The summed E-state index contributed by atoms with van der Waals surface area (Å²) in [5.41, 5.74) is 5.41. The first-order valence-corrected chi connectivity index (χ1v) is 6.33. The summed E-state index contributed by atoms with van der Waals surface area (Å²) in [4.78, 5) is 0. The van der Waals surface area contributed by atoms with Gasteiger partial charge in [0.25, 0.3) is 0 Å². The molecule has 0 nitrogen and oxygen atoms in total. The fourth-order valence-electron chi connectivity index (χ4n) is 2.12. The molecule has 0 radical (unpaired) electrons. The number of allylic oxidation sites excluding steroid dienone is 1. The van der Waals surface area contributed by atoms with E-state index < -0.39 is 0 Å². The van der Waals surface area contributed by atoms with Gasteiger partial charge in [-0.05, 0) is 0 Å². The van der Waals surface area contributed by atoms with Gasteiger partial charge >= 0.3 is 108 Å². The van der Waals surface area contributed by atoms with Crippen LogP contribution in [0, 0.1) is 0 Å². The molecule has 2 aromatic rings. The van der Waals surface area contributed by atoms with Crippen LogP contribution in [-0.2, 0) is 20.4 Å². The Morgan fingerprint density at radius 3 is 2.16 bits per heavy atom. The molecule has 2 aromatic carbocycles. The Morgan fingerprint density at radius 2 is 1.47 bits per heavy atom. The van der Waals surface area contributed by atoms with Gasteiger partial charge in [-0.25, -0.2) is 0 Å². The molecular formula is C15H11Br3Ti. The number of rotatable bonds is 1. The minimum absolute atomic E-state index is 0. The molecule has 0 saturated carbocycles. The molecule has 0 fully saturated rings. The molecule has 1 unspecified atom stereocenters. The Bertz CT molecular complexity index is 553. The van der Waals surface area contributed by atoms with Crippen LogP contribution in [0.1, 0.15) is 15.3 Å². The minimum atomic E-state index is 0. The molecule has 0 aromatic heterocycles. The zero-order valence-electron chi connectivity index (χ0n) is 9.98. The van der Waals surface area contributed by atoms with E-state index in [1.54, 1.807) is 0 Å². The first-order valence-electron chi connectivity index (χ1n) is 5.43. The van der Waals surface area contributed by atoms with E-state index in [4.69, 9.17) is 0 Å². The number of hydrogen-bond donors (Lipinski definition) is 0. The van der Waals surface area contributed by atoms with E-state index in [0.29, 0.717) is 4.22 Å². The van der Waals surface area contributed by atoms with E-state index in [-0.39, 0.29) is 50.9 Å². The SMILES string of the molecule is [Br-].[Br-].[Br-].[Ti+3][CH]1C=Cc2cc(-c3ccccc3)ccc21. The molecule has 1 aliphatic rings. The van der Waals surface area contributed by atoms with Crippen molar-refractivity contribution in [2.75, 3.05) is 0 Å². The fraction of sp³-hybridized carbons (Fsp3) is 0.0667. The van der Waals surface area contributed by atoms with Gasteiger partial charge in [0.2, 0.25) is 0 Å². The van der Waals surface area contributed by atoms with E-state index in [2.05, 4.69) is 81.1 Å². The number of hydrogen-bond acceptors (Lipinski definition) is 0. The summed E-state index contributed by atoms with van der Waals surface area (Å²) in [5.74, 6) is 0.